The lowest BCUT2D eigenvalue weighted by molar-refractivity contribution is -0.138. The highest BCUT2D eigenvalue weighted by atomic mass is 16.5. The summed E-state index contributed by atoms with van der Waals surface area (Å²) in [5, 5.41) is 20.6. The van der Waals surface area contributed by atoms with Gasteiger partial charge in [0.15, 0.2) is 0 Å². The number of hydrogen-bond donors (Lipinski definition) is 5. The first kappa shape index (κ1) is 30.6. The number of carbonyl (C=O) groups excluding carboxylic acids is 3. The molecular formula is C30H40N4O6. The summed E-state index contributed by atoms with van der Waals surface area (Å²) < 4.78 is 5.99. The summed E-state index contributed by atoms with van der Waals surface area (Å²) in [6.45, 7) is 7.10. The fraction of sp³-hybridized carbons (Fsp3) is 0.467. The number of aliphatic carboxylic acids is 1. The first-order valence-electron chi connectivity index (χ1n) is 13.6. The van der Waals surface area contributed by atoms with Gasteiger partial charge in [-0.1, -0.05) is 36.4 Å². The normalized spacial score (nSPS) is 17.6. The van der Waals surface area contributed by atoms with Gasteiger partial charge in [0.1, 0.15) is 24.4 Å². The lowest BCUT2D eigenvalue weighted by atomic mass is 9.91. The number of rotatable bonds is 15. The van der Waals surface area contributed by atoms with Crippen LogP contribution in [0.2, 0.25) is 0 Å². The lowest BCUT2D eigenvalue weighted by Crippen LogP contribution is -2.58. The van der Waals surface area contributed by atoms with Crippen LogP contribution in [0.15, 0.2) is 48.5 Å². The molecule has 0 spiro atoms. The highest BCUT2D eigenvalue weighted by Crippen LogP contribution is 2.22. The summed E-state index contributed by atoms with van der Waals surface area (Å²) in [4.78, 5) is 49.1. The number of carbonyl (C=O) groups is 4. The Morgan fingerprint density at radius 2 is 1.73 bits per heavy atom. The van der Waals surface area contributed by atoms with Crippen LogP contribution in [0.5, 0.6) is 5.75 Å². The molecule has 3 atom stereocenters. The molecule has 1 aliphatic heterocycles. The monoisotopic (exact) mass is 552 g/mol. The van der Waals surface area contributed by atoms with E-state index in [4.69, 9.17) is 9.84 Å². The van der Waals surface area contributed by atoms with E-state index >= 15 is 0 Å². The number of benzene rings is 2. The molecule has 5 N–H and O–H groups in total. The Morgan fingerprint density at radius 1 is 1.02 bits per heavy atom. The number of aryl methyl sites for hydroxylation is 2. The Morgan fingerprint density at radius 3 is 2.35 bits per heavy atom. The van der Waals surface area contributed by atoms with E-state index < -0.39 is 29.9 Å². The third-order valence-electron chi connectivity index (χ3n) is 7.10. The molecule has 3 amide bonds. The second kappa shape index (κ2) is 14.5. The van der Waals surface area contributed by atoms with E-state index in [1.807, 2.05) is 55.5 Å². The molecule has 0 saturated carbocycles. The SMILES string of the molecule is CC(=O)N[C@@H](CCC(=O)O)C(=O)N[C@@H](CCc1ccccc1)C(=O)NCc1cc(OCC2(C)CCN2)ccc1C. The van der Waals surface area contributed by atoms with E-state index in [1.54, 1.807) is 0 Å². The molecular weight excluding hydrogens is 512 g/mol. The average Bonchev–Trinajstić information content (AvgIpc) is 2.91. The Labute approximate surface area is 235 Å². The number of nitrogens with one attached hydrogen (secondary N) is 4. The zero-order valence-corrected chi connectivity index (χ0v) is 23.4. The quantitative estimate of drug-likeness (QED) is 0.228. The smallest absolute Gasteiger partial charge is 0.303 e. The van der Waals surface area contributed by atoms with Gasteiger partial charge in [-0.3, -0.25) is 19.2 Å². The van der Waals surface area contributed by atoms with Gasteiger partial charge < -0.3 is 31.1 Å². The summed E-state index contributed by atoms with van der Waals surface area (Å²) in [7, 11) is 0. The van der Waals surface area contributed by atoms with Crippen LogP contribution in [0.1, 0.15) is 56.2 Å². The molecule has 0 aromatic heterocycles. The average molecular weight is 553 g/mol. The van der Waals surface area contributed by atoms with E-state index in [1.165, 1.54) is 6.92 Å². The molecule has 3 rings (SSSR count). The summed E-state index contributed by atoms with van der Waals surface area (Å²) in [5.74, 6) is -1.80. The van der Waals surface area contributed by atoms with Gasteiger partial charge >= 0.3 is 5.97 Å². The fourth-order valence-electron chi connectivity index (χ4n) is 4.43. The Hall–Kier alpha value is -3.92. The molecule has 40 heavy (non-hydrogen) atoms. The second-order valence-corrected chi connectivity index (χ2v) is 10.6. The van der Waals surface area contributed by atoms with E-state index in [9.17, 15) is 19.2 Å². The highest BCUT2D eigenvalue weighted by Gasteiger charge is 2.32. The van der Waals surface area contributed by atoms with Gasteiger partial charge in [0.05, 0.1) is 5.54 Å². The minimum absolute atomic E-state index is 0.0248. The van der Waals surface area contributed by atoms with Crippen molar-refractivity contribution in [3.8, 4) is 5.75 Å². The molecule has 1 heterocycles. The van der Waals surface area contributed by atoms with Crippen molar-refractivity contribution in [3.63, 3.8) is 0 Å². The molecule has 0 aliphatic carbocycles. The zero-order valence-electron chi connectivity index (χ0n) is 23.4. The number of ether oxygens (including phenoxy) is 1. The molecule has 0 bridgehead atoms. The van der Waals surface area contributed by atoms with Crippen molar-refractivity contribution in [2.45, 2.75) is 77.0 Å². The van der Waals surface area contributed by atoms with Crippen molar-refractivity contribution in [1.29, 1.82) is 0 Å². The van der Waals surface area contributed by atoms with Gasteiger partial charge in [0, 0.05) is 19.9 Å². The standard InChI is InChI=1S/C30H40N4O6/c1-20-9-11-24(40-19-30(3)15-16-32-30)17-23(20)18-31-28(38)25(12-10-22-7-5-4-6-8-22)34-29(39)26(33-21(2)35)13-14-27(36)37/h4-9,11,17,25-26,32H,10,12-16,18-19H2,1-3H3,(H,31,38)(H,33,35)(H,34,39)(H,36,37)/t25-,26-,30?/m0/s1. The largest absolute Gasteiger partial charge is 0.492 e. The second-order valence-electron chi connectivity index (χ2n) is 10.6. The summed E-state index contributed by atoms with van der Waals surface area (Å²) in [5.41, 5.74) is 2.87. The van der Waals surface area contributed by atoms with Crippen LogP contribution in [-0.4, -0.2) is 59.6 Å². The van der Waals surface area contributed by atoms with E-state index in [0.29, 0.717) is 19.4 Å². The highest BCUT2D eigenvalue weighted by molar-refractivity contribution is 5.92. The van der Waals surface area contributed by atoms with Crippen molar-refractivity contribution in [2.24, 2.45) is 0 Å². The number of amides is 3. The molecule has 216 valence electrons. The van der Waals surface area contributed by atoms with Gasteiger partial charge in [0.25, 0.3) is 0 Å². The van der Waals surface area contributed by atoms with Gasteiger partial charge in [0.2, 0.25) is 17.7 Å². The third-order valence-corrected chi connectivity index (χ3v) is 7.10. The number of carboxylic acids is 1. The molecule has 10 nitrogen and oxygen atoms in total. The van der Waals surface area contributed by atoms with Crippen LogP contribution in [-0.2, 0) is 32.1 Å². The minimum Gasteiger partial charge on any atom is -0.492 e. The molecule has 2 aromatic carbocycles. The first-order chi connectivity index (χ1) is 19.0. The molecule has 1 aliphatic rings. The molecule has 10 heteroatoms. The summed E-state index contributed by atoms with van der Waals surface area (Å²) in [6.07, 6.45) is 1.52. The predicted octanol–water partition coefficient (Wildman–Crippen LogP) is 2.23. The predicted molar refractivity (Wildman–Crippen MR) is 151 cm³/mol. The Balaban J connectivity index is 1.68. The molecule has 1 fully saturated rings. The van der Waals surface area contributed by atoms with Gasteiger partial charge in [-0.2, -0.15) is 0 Å². The van der Waals surface area contributed by atoms with E-state index in [2.05, 4.69) is 28.2 Å². The molecule has 1 saturated heterocycles. The van der Waals surface area contributed by atoms with Gasteiger partial charge in [-0.15, -0.1) is 0 Å². The fourth-order valence-corrected chi connectivity index (χ4v) is 4.43. The lowest BCUT2D eigenvalue weighted by Gasteiger charge is -2.39. The number of hydrogen-bond acceptors (Lipinski definition) is 6. The number of carboxylic acid groups (broad SMARTS) is 1. The summed E-state index contributed by atoms with van der Waals surface area (Å²) in [6, 6.07) is 13.4. The van der Waals surface area contributed by atoms with Gasteiger partial charge in [-0.05, 0) is 74.9 Å². The van der Waals surface area contributed by atoms with E-state index in [-0.39, 0.29) is 30.8 Å². The van der Waals surface area contributed by atoms with Crippen LogP contribution < -0.4 is 26.0 Å². The minimum atomic E-state index is -1.08. The maximum Gasteiger partial charge on any atom is 0.303 e. The van der Waals surface area contributed by atoms with Gasteiger partial charge in [-0.25, -0.2) is 0 Å². The maximum absolute atomic E-state index is 13.3. The van der Waals surface area contributed by atoms with Crippen molar-refractivity contribution < 1.29 is 29.0 Å². The van der Waals surface area contributed by atoms with Crippen LogP contribution in [0, 0.1) is 6.92 Å². The van der Waals surface area contributed by atoms with Crippen molar-refractivity contribution in [2.75, 3.05) is 13.2 Å². The first-order valence-corrected chi connectivity index (χ1v) is 13.6. The summed E-state index contributed by atoms with van der Waals surface area (Å²) >= 11 is 0. The maximum atomic E-state index is 13.3. The Kier molecular flexibility index (Phi) is 11.1. The van der Waals surface area contributed by atoms with E-state index in [0.717, 1.165) is 35.4 Å². The molecule has 1 unspecified atom stereocenters. The van der Waals surface area contributed by atoms with Crippen LogP contribution in [0.4, 0.5) is 0 Å². The zero-order chi connectivity index (χ0) is 29.1. The van der Waals surface area contributed by atoms with Crippen molar-refractivity contribution in [3.05, 3.63) is 65.2 Å². The Bertz CT molecular complexity index is 1180. The topological polar surface area (TPSA) is 146 Å². The molecule has 0 radical (unpaired) electrons. The molecule has 2 aromatic rings. The third kappa shape index (κ3) is 9.68. The van der Waals surface area contributed by atoms with Crippen LogP contribution >= 0.6 is 0 Å². The van der Waals surface area contributed by atoms with Crippen molar-refractivity contribution >= 4 is 23.7 Å². The van der Waals surface area contributed by atoms with Crippen LogP contribution in [0.25, 0.3) is 0 Å². The van der Waals surface area contributed by atoms with Crippen LogP contribution in [0.3, 0.4) is 0 Å². The van der Waals surface area contributed by atoms with Crippen molar-refractivity contribution in [1.82, 2.24) is 21.3 Å².